The zero-order chi connectivity index (χ0) is 14.1. The number of anilines is 1. The standard InChI is InChI=1S/C17H24N2O/c1-11(18-17-9-13-6-7-15(17)8-13)14-4-3-5-16(10-14)19-12(2)20/h3-5,10-11,13,15,17-18H,6-9H2,1-2H3,(H,19,20). The Balaban J connectivity index is 1.64. The quantitative estimate of drug-likeness (QED) is 0.881. The topological polar surface area (TPSA) is 41.1 Å². The number of carbonyl (C=O) groups excluding carboxylic acids is 1. The third-order valence-corrected chi connectivity index (χ3v) is 4.91. The molecule has 2 N–H and O–H groups in total. The van der Waals surface area contributed by atoms with E-state index in [9.17, 15) is 4.79 Å². The molecule has 0 aromatic heterocycles. The van der Waals surface area contributed by atoms with Gasteiger partial charge in [0.15, 0.2) is 0 Å². The highest BCUT2D eigenvalue weighted by Crippen LogP contribution is 2.45. The first-order valence-electron chi connectivity index (χ1n) is 7.75. The van der Waals surface area contributed by atoms with Crippen molar-refractivity contribution in [3.05, 3.63) is 29.8 Å². The molecule has 3 rings (SSSR count). The van der Waals surface area contributed by atoms with E-state index in [4.69, 9.17) is 0 Å². The van der Waals surface area contributed by atoms with Crippen LogP contribution in [0.5, 0.6) is 0 Å². The van der Waals surface area contributed by atoms with E-state index in [0.717, 1.165) is 17.5 Å². The van der Waals surface area contributed by atoms with Crippen LogP contribution in [0.2, 0.25) is 0 Å². The maximum atomic E-state index is 11.1. The molecule has 1 aromatic rings. The summed E-state index contributed by atoms with van der Waals surface area (Å²) in [4.78, 5) is 11.1. The molecule has 0 radical (unpaired) electrons. The van der Waals surface area contributed by atoms with Gasteiger partial charge in [0.05, 0.1) is 0 Å². The molecule has 4 atom stereocenters. The molecule has 108 valence electrons. The van der Waals surface area contributed by atoms with Gasteiger partial charge in [0.1, 0.15) is 0 Å². The molecule has 20 heavy (non-hydrogen) atoms. The van der Waals surface area contributed by atoms with Crippen LogP contribution in [0, 0.1) is 11.8 Å². The number of rotatable bonds is 4. The highest BCUT2D eigenvalue weighted by Gasteiger charge is 2.39. The molecule has 0 aliphatic heterocycles. The van der Waals surface area contributed by atoms with Gasteiger partial charge in [-0.25, -0.2) is 0 Å². The fourth-order valence-corrected chi connectivity index (χ4v) is 3.96. The Labute approximate surface area is 121 Å². The molecule has 2 saturated carbocycles. The third kappa shape index (κ3) is 2.88. The summed E-state index contributed by atoms with van der Waals surface area (Å²) in [6.07, 6.45) is 5.62. The van der Waals surface area contributed by atoms with Crippen molar-refractivity contribution in [1.82, 2.24) is 5.32 Å². The van der Waals surface area contributed by atoms with Gasteiger partial charge in [-0.1, -0.05) is 18.6 Å². The third-order valence-electron chi connectivity index (χ3n) is 4.91. The molecule has 2 aliphatic carbocycles. The number of carbonyl (C=O) groups is 1. The second kappa shape index (κ2) is 5.57. The van der Waals surface area contributed by atoms with E-state index in [1.54, 1.807) is 6.92 Å². The summed E-state index contributed by atoms with van der Waals surface area (Å²) >= 11 is 0. The normalized spacial score (nSPS) is 29.4. The minimum atomic E-state index is -0.0177. The number of amides is 1. The molecule has 0 saturated heterocycles. The first kappa shape index (κ1) is 13.6. The molecule has 0 spiro atoms. The Morgan fingerprint density at radius 2 is 2.15 bits per heavy atom. The second-order valence-electron chi connectivity index (χ2n) is 6.48. The highest BCUT2D eigenvalue weighted by atomic mass is 16.1. The molecular formula is C17H24N2O. The molecule has 4 unspecified atom stereocenters. The van der Waals surface area contributed by atoms with Crippen molar-refractivity contribution in [1.29, 1.82) is 0 Å². The first-order chi connectivity index (χ1) is 9.61. The largest absolute Gasteiger partial charge is 0.326 e. The van der Waals surface area contributed by atoms with Gasteiger partial charge in [-0.3, -0.25) is 4.79 Å². The molecule has 1 aromatic carbocycles. The number of hydrogen-bond donors (Lipinski definition) is 2. The van der Waals surface area contributed by atoms with E-state index in [-0.39, 0.29) is 5.91 Å². The fraction of sp³-hybridized carbons (Fsp3) is 0.588. The number of nitrogens with one attached hydrogen (secondary N) is 2. The SMILES string of the molecule is CC(=O)Nc1cccc(C(C)NC2CC3CCC2C3)c1. The van der Waals surface area contributed by atoms with Crippen LogP contribution in [-0.4, -0.2) is 11.9 Å². The van der Waals surface area contributed by atoms with Crippen molar-refractivity contribution in [2.45, 2.75) is 51.6 Å². The fourth-order valence-electron chi connectivity index (χ4n) is 3.96. The van der Waals surface area contributed by atoms with Crippen molar-refractivity contribution in [2.24, 2.45) is 11.8 Å². The van der Waals surface area contributed by atoms with Crippen LogP contribution in [0.4, 0.5) is 5.69 Å². The summed E-state index contributed by atoms with van der Waals surface area (Å²) in [6, 6.07) is 9.19. The van der Waals surface area contributed by atoms with Crippen LogP contribution in [-0.2, 0) is 4.79 Å². The summed E-state index contributed by atoms with van der Waals surface area (Å²) in [5.41, 5.74) is 2.13. The van der Waals surface area contributed by atoms with Crippen molar-refractivity contribution < 1.29 is 4.79 Å². The van der Waals surface area contributed by atoms with Gasteiger partial charge in [0.25, 0.3) is 0 Å². The molecule has 2 bridgehead atoms. The molecule has 2 fully saturated rings. The van der Waals surface area contributed by atoms with E-state index in [0.29, 0.717) is 12.1 Å². The maximum absolute atomic E-state index is 11.1. The van der Waals surface area contributed by atoms with Crippen LogP contribution in [0.15, 0.2) is 24.3 Å². The van der Waals surface area contributed by atoms with Gasteiger partial charge >= 0.3 is 0 Å². The molecule has 1 amide bonds. The average Bonchev–Trinajstić information content (AvgIpc) is 3.00. The molecule has 0 heterocycles. The lowest BCUT2D eigenvalue weighted by molar-refractivity contribution is -0.114. The smallest absolute Gasteiger partial charge is 0.221 e. The summed E-state index contributed by atoms with van der Waals surface area (Å²) in [6.45, 7) is 3.77. The van der Waals surface area contributed by atoms with Gasteiger partial charge in [0, 0.05) is 24.7 Å². The Hall–Kier alpha value is -1.35. The van der Waals surface area contributed by atoms with E-state index in [2.05, 4.69) is 29.7 Å². The zero-order valence-corrected chi connectivity index (χ0v) is 12.4. The van der Waals surface area contributed by atoms with Gasteiger partial charge in [-0.2, -0.15) is 0 Å². The lowest BCUT2D eigenvalue weighted by atomic mass is 9.94. The van der Waals surface area contributed by atoms with Gasteiger partial charge in [-0.15, -0.1) is 0 Å². The second-order valence-corrected chi connectivity index (χ2v) is 6.48. The number of benzene rings is 1. The lowest BCUT2D eigenvalue weighted by Gasteiger charge is -2.27. The van der Waals surface area contributed by atoms with Crippen molar-refractivity contribution in [2.75, 3.05) is 5.32 Å². The average molecular weight is 272 g/mol. The summed E-state index contributed by atoms with van der Waals surface area (Å²) in [5, 5.41) is 6.65. The number of hydrogen-bond acceptors (Lipinski definition) is 2. The Morgan fingerprint density at radius 1 is 1.30 bits per heavy atom. The van der Waals surface area contributed by atoms with E-state index >= 15 is 0 Å². The van der Waals surface area contributed by atoms with E-state index in [1.165, 1.54) is 31.2 Å². The van der Waals surface area contributed by atoms with Crippen molar-refractivity contribution in [3.8, 4) is 0 Å². The summed E-state index contributed by atoms with van der Waals surface area (Å²) < 4.78 is 0. The van der Waals surface area contributed by atoms with Crippen LogP contribution >= 0.6 is 0 Å². The van der Waals surface area contributed by atoms with Crippen molar-refractivity contribution in [3.63, 3.8) is 0 Å². The lowest BCUT2D eigenvalue weighted by Crippen LogP contribution is -2.35. The van der Waals surface area contributed by atoms with Crippen LogP contribution in [0.1, 0.15) is 51.1 Å². The van der Waals surface area contributed by atoms with Gasteiger partial charge in [-0.05, 0) is 55.7 Å². The van der Waals surface area contributed by atoms with Crippen LogP contribution in [0.25, 0.3) is 0 Å². The Morgan fingerprint density at radius 3 is 2.80 bits per heavy atom. The van der Waals surface area contributed by atoms with Crippen LogP contribution < -0.4 is 10.6 Å². The zero-order valence-electron chi connectivity index (χ0n) is 12.4. The monoisotopic (exact) mass is 272 g/mol. The molecule has 3 heteroatoms. The maximum Gasteiger partial charge on any atom is 0.221 e. The Kier molecular flexibility index (Phi) is 3.79. The Bertz CT molecular complexity index is 500. The van der Waals surface area contributed by atoms with E-state index in [1.807, 2.05) is 12.1 Å². The molecular weight excluding hydrogens is 248 g/mol. The minimum Gasteiger partial charge on any atom is -0.326 e. The minimum absolute atomic E-state index is 0.0177. The van der Waals surface area contributed by atoms with Gasteiger partial charge < -0.3 is 10.6 Å². The predicted octanol–water partition coefficient (Wildman–Crippen LogP) is 3.48. The van der Waals surface area contributed by atoms with Crippen molar-refractivity contribution >= 4 is 11.6 Å². The summed E-state index contributed by atoms with van der Waals surface area (Å²) in [7, 11) is 0. The van der Waals surface area contributed by atoms with E-state index < -0.39 is 0 Å². The van der Waals surface area contributed by atoms with Gasteiger partial charge in [0.2, 0.25) is 5.91 Å². The molecule has 2 aliphatic rings. The number of fused-ring (bicyclic) bond motifs is 2. The highest BCUT2D eigenvalue weighted by molar-refractivity contribution is 5.88. The molecule has 3 nitrogen and oxygen atoms in total. The van der Waals surface area contributed by atoms with Crippen LogP contribution in [0.3, 0.4) is 0 Å². The predicted molar refractivity (Wildman–Crippen MR) is 81.5 cm³/mol. The summed E-state index contributed by atoms with van der Waals surface area (Å²) in [5.74, 6) is 1.84. The first-order valence-corrected chi connectivity index (χ1v) is 7.75.